The van der Waals surface area contributed by atoms with Crippen LogP contribution in [0.2, 0.25) is 0 Å². The molecule has 0 bridgehead atoms. The van der Waals surface area contributed by atoms with E-state index in [4.69, 9.17) is 0 Å². The van der Waals surface area contributed by atoms with Crippen molar-refractivity contribution in [1.29, 1.82) is 0 Å². The third-order valence-corrected chi connectivity index (χ3v) is 3.02. The molecule has 2 aromatic carbocycles. The molecule has 0 aliphatic carbocycles. The van der Waals surface area contributed by atoms with Gasteiger partial charge in [-0.05, 0) is 17.7 Å². The van der Waals surface area contributed by atoms with Crippen LogP contribution in [0.3, 0.4) is 0 Å². The standard InChI is InChI=1S/C16H11F6N/c17-15(18,19)13-8-6-11(7-9-13)10-23-14(16(20,21)22)12-4-2-1-3-5-12/h1-9H,10H2. The molecule has 2 aromatic rings. The molecule has 0 heterocycles. The molecule has 0 aliphatic rings. The topological polar surface area (TPSA) is 12.4 Å². The van der Waals surface area contributed by atoms with Gasteiger partial charge in [0, 0.05) is 5.56 Å². The van der Waals surface area contributed by atoms with Gasteiger partial charge in [-0.1, -0.05) is 42.5 Å². The maximum absolute atomic E-state index is 13.0. The van der Waals surface area contributed by atoms with E-state index in [1.807, 2.05) is 0 Å². The molecule has 0 amide bonds. The van der Waals surface area contributed by atoms with Gasteiger partial charge in [0.25, 0.3) is 0 Å². The van der Waals surface area contributed by atoms with E-state index in [0.29, 0.717) is 0 Å². The van der Waals surface area contributed by atoms with Crippen molar-refractivity contribution in [2.24, 2.45) is 4.99 Å². The summed E-state index contributed by atoms with van der Waals surface area (Å²) in [4.78, 5) is 3.54. The second kappa shape index (κ2) is 6.44. The summed E-state index contributed by atoms with van der Waals surface area (Å²) in [5, 5.41) is 0. The van der Waals surface area contributed by atoms with E-state index in [0.717, 1.165) is 24.3 Å². The van der Waals surface area contributed by atoms with Crippen LogP contribution < -0.4 is 0 Å². The van der Waals surface area contributed by atoms with Crippen LogP contribution in [-0.4, -0.2) is 11.9 Å². The van der Waals surface area contributed by atoms with Crippen LogP contribution in [-0.2, 0) is 12.7 Å². The summed E-state index contributed by atoms with van der Waals surface area (Å²) in [7, 11) is 0. The third-order valence-electron chi connectivity index (χ3n) is 3.02. The molecule has 0 atom stereocenters. The summed E-state index contributed by atoms with van der Waals surface area (Å²) in [5.41, 5.74) is -1.75. The Hall–Kier alpha value is -2.31. The molecule has 0 saturated heterocycles. The highest BCUT2D eigenvalue weighted by Gasteiger charge is 2.36. The van der Waals surface area contributed by atoms with Crippen LogP contribution in [0.4, 0.5) is 26.3 Å². The van der Waals surface area contributed by atoms with Gasteiger partial charge in [-0.15, -0.1) is 0 Å². The highest BCUT2D eigenvalue weighted by atomic mass is 19.4. The summed E-state index contributed by atoms with van der Waals surface area (Å²) in [6.45, 7) is -0.359. The van der Waals surface area contributed by atoms with Crippen molar-refractivity contribution in [1.82, 2.24) is 0 Å². The molecule has 7 heteroatoms. The first-order valence-corrected chi connectivity index (χ1v) is 6.51. The number of hydrogen-bond acceptors (Lipinski definition) is 1. The fraction of sp³-hybridized carbons (Fsp3) is 0.188. The van der Waals surface area contributed by atoms with E-state index < -0.39 is 23.6 Å². The van der Waals surface area contributed by atoms with Gasteiger partial charge >= 0.3 is 12.4 Å². The van der Waals surface area contributed by atoms with Gasteiger partial charge < -0.3 is 0 Å². The number of hydrogen-bond donors (Lipinski definition) is 0. The number of rotatable bonds is 3. The molecule has 1 nitrogen and oxygen atoms in total. The summed E-state index contributed by atoms with van der Waals surface area (Å²) < 4.78 is 76.5. The van der Waals surface area contributed by atoms with Gasteiger partial charge in [0.1, 0.15) is 5.71 Å². The first-order valence-electron chi connectivity index (χ1n) is 6.51. The van der Waals surface area contributed by atoms with Crippen LogP contribution in [0.15, 0.2) is 59.6 Å². The number of alkyl halides is 6. The van der Waals surface area contributed by atoms with Crippen molar-refractivity contribution in [2.75, 3.05) is 0 Å². The van der Waals surface area contributed by atoms with E-state index in [2.05, 4.69) is 4.99 Å². The molecule has 0 spiro atoms. The Morgan fingerprint density at radius 1 is 0.783 bits per heavy atom. The Balaban J connectivity index is 2.25. The van der Waals surface area contributed by atoms with E-state index in [1.54, 1.807) is 6.07 Å². The van der Waals surface area contributed by atoms with Gasteiger partial charge in [-0.2, -0.15) is 26.3 Å². The lowest BCUT2D eigenvalue weighted by Gasteiger charge is -2.11. The quantitative estimate of drug-likeness (QED) is 0.537. The summed E-state index contributed by atoms with van der Waals surface area (Å²) in [5.74, 6) is 0. The second-order valence-electron chi connectivity index (χ2n) is 4.72. The molecule has 0 fully saturated rings. The molecule has 0 saturated carbocycles. The Bertz CT molecular complexity index is 668. The highest BCUT2D eigenvalue weighted by molar-refractivity contribution is 6.04. The molecule has 0 aliphatic heterocycles. The van der Waals surface area contributed by atoms with E-state index >= 15 is 0 Å². The minimum absolute atomic E-state index is 0.0908. The van der Waals surface area contributed by atoms with Gasteiger partial charge in [0.15, 0.2) is 0 Å². The number of aliphatic imine (C=N–C) groups is 1. The fourth-order valence-corrected chi connectivity index (χ4v) is 1.91. The van der Waals surface area contributed by atoms with Gasteiger partial charge in [-0.25, -0.2) is 0 Å². The Morgan fingerprint density at radius 2 is 1.35 bits per heavy atom. The molecule has 0 radical (unpaired) electrons. The van der Waals surface area contributed by atoms with Gasteiger partial charge in [-0.3, -0.25) is 4.99 Å². The smallest absolute Gasteiger partial charge is 0.275 e. The Labute approximate surface area is 128 Å². The monoisotopic (exact) mass is 331 g/mol. The van der Waals surface area contributed by atoms with Crippen LogP contribution in [0.25, 0.3) is 0 Å². The fourth-order valence-electron chi connectivity index (χ4n) is 1.91. The molecule has 0 unspecified atom stereocenters. The predicted molar refractivity (Wildman–Crippen MR) is 74.2 cm³/mol. The lowest BCUT2D eigenvalue weighted by atomic mass is 10.1. The molecular formula is C16H11F6N. The van der Waals surface area contributed by atoms with E-state index in [1.165, 1.54) is 24.3 Å². The molecule has 0 aromatic heterocycles. The second-order valence-corrected chi connectivity index (χ2v) is 4.72. The molecular weight excluding hydrogens is 320 g/mol. The molecule has 0 N–H and O–H groups in total. The van der Waals surface area contributed by atoms with Crippen molar-refractivity contribution >= 4 is 5.71 Å². The average molecular weight is 331 g/mol. The summed E-state index contributed by atoms with van der Waals surface area (Å²) >= 11 is 0. The van der Waals surface area contributed by atoms with Gasteiger partial charge in [0.2, 0.25) is 0 Å². The third kappa shape index (κ3) is 4.58. The first kappa shape index (κ1) is 17.1. The first-order chi connectivity index (χ1) is 10.7. The Morgan fingerprint density at radius 3 is 1.83 bits per heavy atom. The van der Waals surface area contributed by atoms with Crippen LogP contribution in [0.1, 0.15) is 16.7 Å². The van der Waals surface area contributed by atoms with Crippen LogP contribution >= 0.6 is 0 Å². The SMILES string of the molecule is FC(F)(F)C(=NCc1ccc(C(F)(F)F)cc1)c1ccccc1. The zero-order valence-electron chi connectivity index (χ0n) is 11.6. The zero-order valence-corrected chi connectivity index (χ0v) is 11.6. The normalized spacial score (nSPS) is 13.2. The average Bonchev–Trinajstić information content (AvgIpc) is 2.47. The number of halogens is 6. The van der Waals surface area contributed by atoms with Crippen molar-refractivity contribution < 1.29 is 26.3 Å². The summed E-state index contributed by atoms with van der Waals surface area (Å²) in [6.07, 6.45) is -9.13. The highest BCUT2D eigenvalue weighted by Crippen LogP contribution is 2.29. The minimum atomic E-state index is -4.65. The molecule has 2 rings (SSSR count). The number of benzene rings is 2. The van der Waals surface area contributed by atoms with Crippen LogP contribution in [0, 0.1) is 0 Å². The van der Waals surface area contributed by atoms with Crippen molar-refractivity contribution in [2.45, 2.75) is 18.9 Å². The van der Waals surface area contributed by atoms with Crippen molar-refractivity contribution in [3.63, 3.8) is 0 Å². The van der Waals surface area contributed by atoms with Gasteiger partial charge in [0.05, 0.1) is 12.1 Å². The minimum Gasteiger partial charge on any atom is -0.275 e. The largest absolute Gasteiger partial charge is 0.433 e. The van der Waals surface area contributed by atoms with Crippen molar-refractivity contribution in [3.05, 3.63) is 71.3 Å². The van der Waals surface area contributed by atoms with Crippen molar-refractivity contribution in [3.8, 4) is 0 Å². The lowest BCUT2D eigenvalue weighted by molar-refractivity contribution is -0.137. The van der Waals surface area contributed by atoms with E-state index in [9.17, 15) is 26.3 Å². The molecule has 122 valence electrons. The lowest BCUT2D eigenvalue weighted by Crippen LogP contribution is -2.24. The maximum atomic E-state index is 13.0. The van der Waals surface area contributed by atoms with E-state index in [-0.39, 0.29) is 17.7 Å². The van der Waals surface area contributed by atoms with Crippen LogP contribution in [0.5, 0.6) is 0 Å². The molecule has 23 heavy (non-hydrogen) atoms. The maximum Gasteiger partial charge on any atom is 0.433 e. The number of nitrogens with zero attached hydrogens (tertiary/aromatic N) is 1. The Kier molecular flexibility index (Phi) is 4.77. The zero-order chi connectivity index (χ0) is 17.1. The predicted octanol–water partition coefficient (Wildman–Crippen LogP) is 5.26. The summed E-state index contributed by atoms with van der Waals surface area (Å²) in [6, 6.07) is 10.9.